The Morgan fingerprint density at radius 3 is 2.54 bits per heavy atom. The molecule has 1 aromatic carbocycles. The molecule has 6 nitrogen and oxygen atoms in total. The number of hydrogen-bond donors (Lipinski definition) is 0. The molecule has 0 saturated heterocycles. The van der Waals surface area contributed by atoms with Crippen LogP contribution in [0.4, 0.5) is 4.39 Å². The number of fused-ring (bicyclic) bond motifs is 1. The second-order valence-electron chi connectivity index (χ2n) is 9.61. The largest absolute Gasteiger partial charge is 0.377 e. The molecule has 0 amide bonds. The third-order valence-corrected chi connectivity index (χ3v) is 7.04. The van der Waals surface area contributed by atoms with Gasteiger partial charge in [-0.1, -0.05) is 48.7 Å². The van der Waals surface area contributed by atoms with E-state index >= 15 is 4.39 Å². The number of pyridine rings is 1. The van der Waals surface area contributed by atoms with Gasteiger partial charge in [0.2, 0.25) is 0 Å². The van der Waals surface area contributed by atoms with E-state index < -0.39 is 5.67 Å². The molecule has 1 aliphatic rings. The van der Waals surface area contributed by atoms with Gasteiger partial charge < -0.3 is 13.8 Å². The third kappa shape index (κ3) is 4.52. The van der Waals surface area contributed by atoms with Crippen molar-refractivity contribution in [3.05, 3.63) is 59.7 Å². The van der Waals surface area contributed by atoms with Crippen LogP contribution in [0.25, 0.3) is 33.3 Å². The number of aryl methyl sites for hydroxylation is 2. The van der Waals surface area contributed by atoms with Gasteiger partial charge in [0.15, 0.2) is 5.78 Å². The SMILES string of the molecule is COCC(=O)c1ccc(-c2cn(CC3(F)CCCCC3)c3cc(-c4c(C)noc4C)cnc23)cc1. The van der Waals surface area contributed by atoms with Crippen molar-refractivity contribution in [3.8, 4) is 22.3 Å². The van der Waals surface area contributed by atoms with E-state index in [1.807, 2.05) is 42.9 Å². The Morgan fingerprint density at radius 2 is 1.89 bits per heavy atom. The monoisotopic (exact) mass is 475 g/mol. The fourth-order valence-corrected chi connectivity index (χ4v) is 5.24. The van der Waals surface area contributed by atoms with Gasteiger partial charge in [-0.3, -0.25) is 9.78 Å². The number of benzene rings is 1. The molecular weight excluding hydrogens is 445 g/mol. The van der Waals surface area contributed by atoms with Crippen molar-refractivity contribution in [2.75, 3.05) is 13.7 Å². The molecule has 0 atom stereocenters. The predicted molar refractivity (Wildman–Crippen MR) is 133 cm³/mol. The summed E-state index contributed by atoms with van der Waals surface area (Å²) in [4.78, 5) is 17.0. The van der Waals surface area contributed by atoms with Gasteiger partial charge in [0.05, 0.1) is 23.3 Å². The summed E-state index contributed by atoms with van der Waals surface area (Å²) in [5.41, 5.74) is 5.50. The molecule has 0 aliphatic heterocycles. The summed E-state index contributed by atoms with van der Waals surface area (Å²) in [6.45, 7) is 4.13. The van der Waals surface area contributed by atoms with Crippen molar-refractivity contribution < 1.29 is 18.4 Å². The van der Waals surface area contributed by atoms with Crippen LogP contribution >= 0.6 is 0 Å². The van der Waals surface area contributed by atoms with E-state index in [-0.39, 0.29) is 12.4 Å². The lowest BCUT2D eigenvalue weighted by atomic mass is 9.86. The van der Waals surface area contributed by atoms with Crippen LogP contribution in [0.3, 0.4) is 0 Å². The lowest BCUT2D eigenvalue weighted by molar-refractivity contribution is 0.0847. The van der Waals surface area contributed by atoms with Crippen molar-refractivity contribution in [3.63, 3.8) is 0 Å². The highest BCUT2D eigenvalue weighted by Gasteiger charge is 2.33. The number of methoxy groups -OCH3 is 1. The number of ether oxygens (including phenoxy) is 1. The highest BCUT2D eigenvalue weighted by molar-refractivity contribution is 5.99. The molecule has 0 unspecified atom stereocenters. The maximum absolute atomic E-state index is 15.8. The molecule has 0 radical (unpaired) electrons. The first-order valence-corrected chi connectivity index (χ1v) is 12.1. The van der Waals surface area contributed by atoms with Crippen LogP contribution in [0.15, 0.2) is 47.2 Å². The number of hydrogen-bond acceptors (Lipinski definition) is 5. The van der Waals surface area contributed by atoms with Crippen molar-refractivity contribution in [2.24, 2.45) is 0 Å². The fraction of sp³-hybridized carbons (Fsp3) is 0.393. The average Bonchev–Trinajstić information content (AvgIpc) is 3.38. The van der Waals surface area contributed by atoms with E-state index in [2.05, 4.69) is 11.2 Å². The molecular formula is C28H30FN3O3. The minimum atomic E-state index is -1.23. The summed E-state index contributed by atoms with van der Waals surface area (Å²) < 4.78 is 28.1. The van der Waals surface area contributed by atoms with Crippen LogP contribution in [0.1, 0.15) is 53.9 Å². The van der Waals surface area contributed by atoms with Crippen LogP contribution in [0.2, 0.25) is 0 Å². The molecule has 7 heteroatoms. The number of aromatic nitrogens is 3. The molecule has 1 saturated carbocycles. The molecule has 182 valence electrons. The Kier molecular flexibility index (Phi) is 6.28. The van der Waals surface area contributed by atoms with E-state index in [4.69, 9.17) is 14.2 Å². The van der Waals surface area contributed by atoms with Crippen molar-refractivity contribution in [1.29, 1.82) is 0 Å². The van der Waals surface area contributed by atoms with Gasteiger partial charge in [-0.05, 0) is 38.3 Å². The summed E-state index contributed by atoms with van der Waals surface area (Å²) in [7, 11) is 1.51. The van der Waals surface area contributed by atoms with E-state index in [9.17, 15) is 4.79 Å². The zero-order valence-electron chi connectivity index (χ0n) is 20.4. The Bertz CT molecular complexity index is 1340. The minimum Gasteiger partial charge on any atom is -0.377 e. The van der Waals surface area contributed by atoms with Gasteiger partial charge in [0, 0.05) is 41.8 Å². The summed E-state index contributed by atoms with van der Waals surface area (Å²) in [5.74, 6) is 0.660. The van der Waals surface area contributed by atoms with Gasteiger partial charge in [-0.25, -0.2) is 4.39 Å². The molecule has 4 aromatic rings. The molecule has 0 bridgehead atoms. The van der Waals surface area contributed by atoms with Crippen molar-refractivity contribution in [2.45, 2.75) is 58.2 Å². The van der Waals surface area contributed by atoms with Crippen LogP contribution in [0, 0.1) is 13.8 Å². The van der Waals surface area contributed by atoms with Crippen molar-refractivity contribution in [1.82, 2.24) is 14.7 Å². The van der Waals surface area contributed by atoms with E-state index in [0.717, 1.165) is 64.0 Å². The van der Waals surface area contributed by atoms with Gasteiger partial charge >= 0.3 is 0 Å². The summed E-state index contributed by atoms with van der Waals surface area (Å²) in [5, 5.41) is 4.08. The van der Waals surface area contributed by atoms with Crippen LogP contribution in [-0.2, 0) is 11.3 Å². The molecule has 3 aromatic heterocycles. The number of halogens is 1. The summed E-state index contributed by atoms with van der Waals surface area (Å²) in [6, 6.07) is 9.49. The number of carbonyl (C=O) groups is 1. The molecule has 1 fully saturated rings. The first-order chi connectivity index (χ1) is 16.9. The van der Waals surface area contributed by atoms with Crippen LogP contribution in [0.5, 0.6) is 0 Å². The summed E-state index contributed by atoms with van der Waals surface area (Å²) in [6.07, 6.45) is 7.91. The lowest BCUT2D eigenvalue weighted by Crippen LogP contribution is -2.31. The molecule has 0 N–H and O–H groups in total. The van der Waals surface area contributed by atoms with Gasteiger partial charge in [0.25, 0.3) is 0 Å². The Hall–Kier alpha value is -3.32. The van der Waals surface area contributed by atoms with E-state index in [1.54, 1.807) is 12.1 Å². The normalized spacial score (nSPS) is 15.5. The number of ketones is 1. The Balaban J connectivity index is 1.61. The Morgan fingerprint density at radius 1 is 1.14 bits per heavy atom. The maximum atomic E-state index is 15.8. The zero-order valence-corrected chi connectivity index (χ0v) is 20.4. The first-order valence-electron chi connectivity index (χ1n) is 12.1. The molecule has 35 heavy (non-hydrogen) atoms. The molecule has 5 rings (SSSR count). The second-order valence-corrected chi connectivity index (χ2v) is 9.61. The number of nitrogens with zero attached hydrogens (tertiary/aromatic N) is 3. The highest BCUT2D eigenvalue weighted by atomic mass is 19.1. The topological polar surface area (TPSA) is 70.2 Å². The maximum Gasteiger partial charge on any atom is 0.188 e. The number of carbonyl (C=O) groups excluding carboxylic acids is 1. The Labute approximate surface area is 204 Å². The van der Waals surface area contributed by atoms with Crippen molar-refractivity contribution >= 4 is 16.8 Å². The molecule has 3 heterocycles. The summed E-state index contributed by atoms with van der Waals surface area (Å²) >= 11 is 0. The zero-order chi connectivity index (χ0) is 24.6. The van der Waals surface area contributed by atoms with Crippen LogP contribution in [-0.4, -0.2) is 39.9 Å². The number of rotatable bonds is 7. The average molecular weight is 476 g/mol. The first kappa shape index (κ1) is 23.4. The quantitative estimate of drug-likeness (QED) is 0.286. The van der Waals surface area contributed by atoms with E-state index in [1.165, 1.54) is 7.11 Å². The molecule has 1 aliphatic carbocycles. The minimum absolute atomic E-state index is 0.0449. The number of alkyl halides is 1. The third-order valence-electron chi connectivity index (χ3n) is 7.04. The van der Waals surface area contributed by atoms with E-state index in [0.29, 0.717) is 24.9 Å². The van der Waals surface area contributed by atoms with Crippen LogP contribution < -0.4 is 0 Å². The van der Waals surface area contributed by atoms with Gasteiger partial charge in [-0.2, -0.15) is 0 Å². The second kappa shape index (κ2) is 9.38. The lowest BCUT2D eigenvalue weighted by Gasteiger charge is -2.30. The fourth-order valence-electron chi connectivity index (χ4n) is 5.24. The number of Topliss-reactive ketones (excluding diaryl/α,β-unsaturated/α-hetero) is 1. The highest BCUT2D eigenvalue weighted by Crippen LogP contribution is 2.38. The standard InChI is InChI=1S/C28H30FN3O3/c1-18-26(19(2)35-31-18)22-13-24-27(30-14-22)23(15-32(24)17-28(29)11-5-4-6-12-28)20-7-9-21(10-8-20)25(33)16-34-3/h7-10,13-15H,4-6,11-12,16-17H2,1-3H3. The van der Waals surface area contributed by atoms with Gasteiger partial charge in [0.1, 0.15) is 18.0 Å². The smallest absolute Gasteiger partial charge is 0.188 e. The molecule has 0 spiro atoms. The van der Waals surface area contributed by atoms with Gasteiger partial charge in [-0.15, -0.1) is 0 Å². The predicted octanol–water partition coefficient (Wildman–Crippen LogP) is 6.48.